The van der Waals surface area contributed by atoms with Crippen molar-refractivity contribution in [2.75, 3.05) is 43.9 Å². The molecule has 2 aliphatic heterocycles. The van der Waals surface area contributed by atoms with Crippen molar-refractivity contribution in [1.82, 2.24) is 19.8 Å². The third kappa shape index (κ3) is 2.29. The van der Waals surface area contributed by atoms with E-state index in [9.17, 15) is 4.79 Å². The molecule has 0 aromatic carbocycles. The van der Waals surface area contributed by atoms with Gasteiger partial charge in [0.25, 0.3) is 0 Å². The molecular formula is C13H20N6O. The summed E-state index contributed by atoms with van der Waals surface area (Å²) in [6, 6.07) is 0. The third-order valence-electron chi connectivity index (χ3n) is 4.03. The number of anilines is 2. The van der Waals surface area contributed by atoms with E-state index in [2.05, 4.69) is 26.8 Å². The maximum atomic E-state index is 11.6. The molecule has 1 aromatic heterocycles. The minimum absolute atomic E-state index is 0.0610. The Morgan fingerprint density at radius 1 is 1.15 bits per heavy atom. The number of nitrogens with two attached hydrogens (primary N) is 1. The predicted molar refractivity (Wildman–Crippen MR) is 76.1 cm³/mol. The fourth-order valence-corrected chi connectivity index (χ4v) is 2.76. The molecule has 0 spiro atoms. The molecule has 3 rings (SSSR count). The number of nitrogens with zero attached hydrogens (tertiary/aromatic N) is 5. The lowest BCUT2D eigenvalue weighted by atomic mass is 10.2. The maximum Gasteiger partial charge on any atom is 0.222 e. The Morgan fingerprint density at radius 2 is 1.85 bits per heavy atom. The first-order chi connectivity index (χ1) is 9.54. The first-order valence-electron chi connectivity index (χ1n) is 6.89. The molecule has 0 bridgehead atoms. The molecular weight excluding hydrogens is 256 g/mol. The summed E-state index contributed by atoms with van der Waals surface area (Å²) in [6.07, 6.45) is 0. The molecule has 0 atom stereocenters. The van der Waals surface area contributed by atoms with Crippen LogP contribution in [0.2, 0.25) is 0 Å². The first-order valence-corrected chi connectivity index (χ1v) is 6.89. The van der Waals surface area contributed by atoms with Gasteiger partial charge < -0.3 is 20.4 Å². The van der Waals surface area contributed by atoms with E-state index < -0.39 is 0 Å². The van der Waals surface area contributed by atoms with Crippen LogP contribution in [0.15, 0.2) is 0 Å². The van der Waals surface area contributed by atoms with Gasteiger partial charge in [0, 0.05) is 38.7 Å². The van der Waals surface area contributed by atoms with Gasteiger partial charge in [-0.15, -0.1) is 0 Å². The molecule has 1 saturated heterocycles. The highest BCUT2D eigenvalue weighted by Crippen LogP contribution is 2.30. The summed E-state index contributed by atoms with van der Waals surface area (Å²) < 4.78 is 0. The van der Waals surface area contributed by atoms with E-state index in [1.807, 2.05) is 0 Å². The normalized spacial score (nSPS) is 19.3. The number of nitrogen functional groups attached to an aromatic ring is 1. The van der Waals surface area contributed by atoms with Gasteiger partial charge in [0.15, 0.2) is 0 Å². The molecule has 20 heavy (non-hydrogen) atoms. The van der Waals surface area contributed by atoms with Gasteiger partial charge in [0.2, 0.25) is 11.9 Å². The molecule has 0 saturated carbocycles. The van der Waals surface area contributed by atoms with Crippen molar-refractivity contribution in [1.29, 1.82) is 0 Å². The lowest BCUT2D eigenvalue weighted by Crippen LogP contribution is -2.45. The van der Waals surface area contributed by atoms with Crippen molar-refractivity contribution in [3.8, 4) is 0 Å². The zero-order chi connectivity index (χ0) is 14.3. The average Bonchev–Trinajstić information content (AvgIpc) is 2.82. The van der Waals surface area contributed by atoms with Gasteiger partial charge in [-0.2, -0.15) is 4.98 Å². The van der Waals surface area contributed by atoms with Crippen LogP contribution in [0.3, 0.4) is 0 Å². The molecule has 7 heteroatoms. The first kappa shape index (κ1) is 13.1. The van der Waals surface area contributed by atoms with Gasteiger partial charge >= 0.3 is 0 Å². The van der Waals surface area contributed by atoms with Crippen molar-refractivity contribution in [3.05, 3.63) is 11.3 Å². The van der Waals surface area contributed by atoms with Crippen LogP contribution in [0.4, 0.5) is 11.8 Å². The Bertz CT molecular complexity index is 538. The van der Waals surface area contributed by atoms with Crippen LogP contribution in [0, 0.1) is 0 Å². The second-order valence-corrected chi connectivity index (χ2v) is 5.50. The molecule has 1 aromatic rings. The molecule has 3 heterocycles. The van der Waals surface area contributed by atoms with Crippen molar-refractivity contribution >= 4 is 17.7 Å². The molecule has 1 fully saturated rings. The summed E-state index contributed by atoms with van der Waals surface area (Å²) >= 11 is 0. The fourth-order valence-electron chi connectivity index (χ4n) is 2.76. The lowest BCUT2D eigenvalue weighted by molar-refractivity contribution is -0.129. The van der Waals surface area contributed by atoms with Crippen molar-refractivity contribution in [2.24, 2.45) is 0 Å². The van der Waals surface area contributed by atoms with Crippen molar-refractivity contribution in [3.63, 3.8) is 0 Å². The van der Waals surface area contributed by atoms with E-state index in [-0.39, 0.29) is 5.91 Å². The highest BCUT2D eigenvalue weighted by atomic mass is 16.2. The molecule has 0 unspecified atom stereocenters. The molecule has 0 radical (unpaired) electrons. The minimum atomic E-state index is 0.0610. The Labute approximate surface area is 118 Å². The summed E-state index contributed by atoms with van der Waals surface area (Å²) in [5, 5.41) is 0. The van der Waals surface area contributed by atoms with Gasteiger partial charge in [-0.05, 0) is 7.05 Å². The molecule has 7 nitrogen and oxygen atoms in total. The van der Waals surface area contributed by atoms with Crippen LogP contribution >= 0.6 is 0 Å². The number of likely N-dealkylation sites (N-methyl/N-ethyl adjacent to an activating group) is 1. The van der Waals surface area contributed by atoms with E-state index in [0.717, 1.165) is 43.3 Å². The Hall–Kier alpha value is -1.89. The molecule has 2 N–H and O–H groups in total. The van der Waals surface area contributed by atoms with Crippen LogP contribution in [-0.2, 0) is 17.9 Å². The zero-order valence-corrected chi connectivity index (χ0v) is 12.0. The summed E-state index contributed by atoms with van der Waals surface area (Å²) in [4.78, 5) is 26.6. The van der Waals surface area contributed by atoms with Crippen LogP contribution in [0.25, 0.3) is 0 Å². The van der Waals surface area contributed by atoms with E-state index in [4.69, 9.17) is 5.73 Å². The van der Waals surface area contributed by atoms with Gasteiger partial charge in [0.05, 0.1) is 18.8 Å². The largest absolute Gasteiger partial charge is 0.368 e. The van der Waals surface area contributed by atoms with Gasteiger partial charge in [-0.25, -0.2) is 4.98 Å². The minimum Gasteiger partial charge on any atom is -0.368 e. The monoisotopic (exact) mass is 276 g/mol. The number of aromatic nitrogens is 2. The lowest BCUT2D eigenvalue weighted by Gasteiger charge is -2.34. The number of amides is 1. The fraction of sp³-hybridized carbons (Fsp3) is 0.615. The summed E-state index contributed by atoms with van der Waals surface area (Å²) in [6.45, 7) is 6.59. The van der Waals surface area contributed by atoms with Crippen LogP contribution in [0.1, 0.15) is 18.2 Å². The Morgan fingerprint density at radius 3 is 2.50 bits per heavy atom. The molecule has 2 aliphatic rings. The van der Waals surface area contributed by atoms with Crippen molar-refractivity contribution < 1.29 is 4.79 Å². The second kappa shape index (κ2) is 4.90. The van der Waals surface area contributed by atoms with Gasteiger partial charge in [-0.3, -0.25) is 4.79 Å². The summed E-state index contributed by atoms with van der Waals surface area (Å²) in [5.74, 6) is 1.26. The van der Waals surface area contributed by atoms with E-state index in [1.165, 1.54) is 0 Å². The number of carbonyl (C=O) groups excluding carboxylic acids is 1. The summed E-state index contributed by atoms with van der Waals surface area (Å²) in [7, 11) is 2.12. The van der Waals surface area contributed by atoms with Crippen LogP contribution in [0.5, 0.6) is 0 Å². The average molecular weight is 276 g/mol. The Balaban J connectivity index is 1.91. The zero-order valence-electron chi connectivity index (χ0n) is 12.0. The predicted octanol–water partition coefficient (Wildman–Crippen LogP) is -0.327. The smallest absolute Gasteiger partial charge is 0.222 e. The molecule has 0 aliphatic carbocycles. The number of hydrogen-bond donors (Lipinski definition) is 1. The molecule has 108 valence electrons. The topological polar surface area (TPSA) is 78.6 Å². The number of piperazine rings is 1. The Kier molecular flexibility index (Phi) is 3.21. The maximum absolute atomic E-state index is 11.6. The number of carbonyl (C=O) groups is 1. The quantitative estimate of drug-likeness (QED) is 0.757. The van der Waals surface area contributed by atoms with Crippen molar-refractivity contribution in [2.45, 2.75) is 20.0 Å². The number of rotatable bonds is 1. The summed E-state index contributed by atoms with van der Waals surface area (Å²) in [5.41, 5.74) is 7.77. The van der Waals surface area contributed by atoms with E-state index in [1.54, 1.807) is 11.8 Å². The van der Waals surface area contributed by atoms with E-state index >= 15 is 0 Å². The number of hydrogen-bond acceptors (Lipinski definition) is 6. The third-order valence-corrected chi connectivity index (χ3v) is 4.03. The van der Waals surface area contributed by atoms with Crippen LogP contribution in [-0.4, -0.2) is 58.9 Å². The SMILES string of the molecule is CC(=O)N1Cc2nc(N)nc(N3CCN(C)CC3)c2C1. The highest BCUT2D eigenvalue weighted by molar-refractivity contribution is 5.74. The van der Waals surface area contributed by atoms with Gasteiger partial charge in [-0.1, -0.05) is 0 Å². The second-order valence-electron chi connectivity index (χ2n) is 5.50. The number of fused-ring (bicyclic) bond motifs is 1. The highest BCUT2D eigenvalue weighted by Gasteiger charge is 2.29. The standard InChI is InChI=1S/C13H20N6O/c1-9(20)19-7-10-11(8-19)15-13(14)16-12(10)18-5-3-17(2)4-6-18/h3-8H2,1-2H3,(H2,14,15,16). The molecule has 1 amide bonds. The van der Waals surface area contributed by atoms with Gasteiger partial charge in [0.1, 0.15) is 5.82 Å². The van der Waals surface area contributed by atoms with E-state index in [0.29, 0.717) is 19.0 Å². The van der Waals surface area contributed by atoms with Crippen LogP contribution < -0.4 is 10.6 Å².